The van der Waals surface area contributed by atoms with Crippen LogP contribution in [0.25, 0.3) is 22.3 Å². The van der Waals surface area contributed by atoms with Gasteiger partial charge in [0, 0.05) is 23.8 Å². The summed E-state index contributed by atoms with van der Waals surface area (Å²) < 4.78 is 33.0. The van der Waals surface area contributed by atoms with Crippen molar-refractivity contribution in [3.05, 3.63) is 46.6 Å². The van der Waals surface area contributed by atoms with Gasteiger partial charge in [-0.2, -0.15) is 0 Å². The highest BCUT2D eigenvalue weighted by Crippen LogP contribution is 2.35. The van der Waals surface area contributed by atoms with Crippen molar-refractivity contribution in [3.8, 4) is 34.3 Å². The minimum Gasteiger partial charge on any atom is -0.507 e. The minimum absolute atomic E-state index is 0.0798. The van der Waals surface area contributed by atoms with Crippen molar-refractivity contribution >= 4 is 11.0 Å². The molecule has 0 unspecified atom stereocenters. The highest BCUT2D eigenvalue weighted by molar-refractivity contribution is 5.86. The Kier molecular flexibility index (Phi) is 8.80. The van der Waals surface area contributed by atoms with Crippen LogP contribution in [-0.4, -0.2) is 116 Å². The Balaban J connectivity index is 1.37. The molecular formula is C28H32O15. The number of aliphatic hydroxyl groups excluding tert-OH is 6. The lowest BCUT2D eigenvalue weighted by Gasteiger charge is -2.42. The summed E-state index contributed by atoms with van der Waals surface area (Å²) in [6.07, 6.45) is -15.0. The topological polar surface area (TPSA) is 238 Å². The molecule has 2 saturated heterocycles. The van der Waals surface area contributed by atoms with Crippen molar-refractivity contribution in [1.29, 1.82) is 0 Å². The fraction of sp³-hybridized carbons (Fsp3) is 0.464. The predicted octanol–water partition coefficient (Wildman–Crippen LogP) is -1.09. The Morgan fingerprint density at radius 2 is 1.49 bits per heavy atom. The zero-order valence-corrected chi connectivity index (χ0v) is 22.9. The number of ether oxygens (including phenoxy) is 5. The van der Waals surface area contributed by atoms with Gasteiger partial charge in [0.05, 0.1) is 19.8 Å². The quantitative estimate of drug-likeness (QED) is 0.159. The Morgan fingerprint density at radius 3 is 2.21 bits per heavy atom. The number of benzene rings is 2. The van der Waals surface area contributed by atoms with E-state index in [1.807, 2.05) is 0 Å². The number of aliphatic hydroxyl groups is 6. The predicted molar refractivity (Wildman–Crippen MR) is 143 cm³/mol. The lowest BCUT2D eigenvalue weighted by atomic mass is 9.98. The third-order valence-electron chi connectivity index (χ3n) is 7.40. The maximum atomic E-state index is 12.8. The van der Waals surface area contributed by atoms with Crippen molar-refractivity contribution in [2.24, 2.45) is 0 Å². The Morgan fingerprint density at radius 1 is 0.791 bits per heavy atom. The molecule has 8 N–H and O–H groups in total. The van der Waals surface area contributed by atoms with Crippen LogP contribution in [-0.2, 0) is 14.2 Å². The van der Waals surface area contributed by atoms with Crippen molar-refractivity contribution in [1.82, 2.24) is 0 Å². The Bertz CT molecular complexity index is 1510. The number of rotatable bonds is 7. The molecule has 0 radical (unpaired) electrons. The molecule has 43 heavy (non-hydrogen) atoms. The number of methoxy groups -OCH3 is 1. The van der Waals surface area contributed by atoms with Crippen LogP contribution in [0, 0.1) is 0 Å². The van der Waals surface area contributed by atoms with E-state index in [1.165, 1.54) is 38.3 Å². The van der Waals surface area contributed by atoms with Gasteiger partial charge in [-0.3, -0.25) is 4.79 Å². The van der Waals surface area contributed by atoms with E-state index in [0.717, 1.165) is 12.1 Å². The summed E-state index contributed by atoms with van der Waals surface area (Å²) in [6.45, 7) is 0.955. The van der Waals surface area contributed by atoms with Crippen molar-refractivity contribution < 1.29 is 69.0 Å². The molecule has 1 aromatic heterocycles. The number of aromatic hydroxyl groups is 2. The first-order valence-electron chi connectivity index (χ1n) is 13.3. The van der Waals surface area contributed by atoms with Gasteiger partial charge in [-0.25, -0.2) is 0 Å². The molecule has 0 bridgehead atoms. The van der Waals surface area contributed by atoms with Gasteiger partial charge in [-0.15, -0.1) is 0 Å². The first kappa shape index (κ1) is 30.9. The molecule has 3 heterocycles. The van der Waals surface area contributed by atoms with Gasteiger partial charge >= 0.3 is 0 Å². The Labute approximate surface area is 243 Å². The maximum Gasteiger partial charge on any atom is 0.229 e. The zero-order valence-electron chi connectivity index (χ0n) is 22.9. The number of fused-ring (bicyclic) bond motifs is 1. The average molecular weight is 609 g/mol. The molecule has 10 atom stereocenters. The van der Waals surface area contributed by atoms with Gasteiger partial charge in [0.1, 0.15) is 71.0 Å². The summed E-state index contributed by atoms with van der Waals surface area (Å²) in [6, 6.07) is 7.76. The van der Waals surface area contributed by atoms with E-state index in [0.29, 0.717) is 5.56 Å². The lowest BCUT2D eigenvalue weighted by molar-refractivity contribution is -0.318. The van der Waals surface area contributed by atoms with E-state index < -0.39 is 79.2 Å². The number of phenols is 2. The molecule has 0 saturated carbocycles. The van der Waals surface area contributed by atoms with Gasteiger partial charge in [-0.1, -0.05) is 0 Å². The monoisotopic (exact) mass is 608 g/mol. The molecule has 0 amide bonds. The largest absolute Gasteiger partial charge is 0.507 e. The summed E-state index contributed by atoms with van der Waals surface area (Å²) in [5, 5.41) is 81.8. The second-order valence-electron chi connectivity index (χ2n) is 10.3. The zero-order chi connectivity index (χ0) is 31.2. The van der Waals surface area contributed by atoms with Crippen LogP contribution >= 0.6 is 0 Å². The smallest absolute Gasteiger partial charge is 0.229 e. The Hall–Kier alpha value is -3.51. The highest BCUT2D eigenvalue weighted by atomic mass is 16.7. The molecule has 2 aliphatic rings. The lowest BCUT2D eigenvalue weighted by Crippen LogP contribution is -2.61. The molecular weight excluding hydrogens is 576 g/mol. The van der Waals surface area contributed by atoms with E-state index in [9.17, 15) is 45.6 Å². The maximum absolute atomic E-state index is 12.8. The summed E-state index contributed by atoms with van der Waals surface area (Å²) >= 11 is 0. The first-order chi connectivity index (χ1) is 20.4. The molecule has 0 aliphatic carbocycles. The van der Waals surface area contributed by atoms with Crippen LogP contribution in [0.2, 0.25) is 0 Å². The molecule has 0 spiro atoms. The van der Waals surface area contributed by atoms with Crippen LogP contribution in [0.4, 0.5) is 0 Å². The molecule has 2 aliphatic heterocycles. The normalized spacial score (nSPS) is 32.9. The van der Waals surface area contributed by atoms with E-state index in [1.54, 1.807) is 0 Å². The van der Waals surface area contributed by atoms with Gasteiger partial charge in [0.25, 0.3) is 0 Å². The van der Waals surface area contributed by atoms with E-state index in [-0.39, 0.29) is 34.0 Å². The minimum atomic E-state index is -1.78. The van der Waals surface area contributed by atoms with Crippen molar-refractivity contribution in [3.63, 3.8) is 0 Å². The molecule has 2 fully saturated rings. The van der Waals surface area contributed by atoms with E-state index in [4.69, 9.17) is 28.1 Å². The second kappa shape index (κ2) is 12.2. The number of hydrogen-bond acceptors (Lipinski definition) is 15. The third-order valence-corrected chi connectivity index (χ3v) is 7.40. The number of hydrogen-bond donors (Lipinski definition) is 8. The fourth-order valence-electron chi connectivity index (χ4n) is 4.91. The summed E-state index contributed by atoms with van der Waals surface area (Å²) in [7, 11) is 1.36. The highest BCUT2D eigenvalue weighted by Gasteiger charge is 2.47. The third kappa shape index (κ3) is 5.99. The fourth-order valence-corrected chi connectivity index (χ4v) is 4.91. The SMILES string of the molecule is COc1cc(-c2cc(=O)c3c(O)cc(O[C@@H]4O[C@H](CO[C@@H]5O[C@@H](C)[C@H](O)[C@@H](O)[C@H]5O)[C@@H](O)[C@H](O)[C@H]4O)cc3o2)ccc1O. The van der Waals surface area contributed by atoms with Gasteiger partial charge in [0.2, 0.25) is 6.29 Å². The van der Waals surface area contributed by atoms with Crippen LogP contribution in [0.3, 0.4) is 0 Å². The molecule has 5 rings (SSSR count). The summed E-state index contributed by atoms with van der Waals surface area (Å²) in [5.74, 6) is -0.567. The number of phenolic OH excluding ortho intramolecular Hbond substituents is 2. The molecule has 15 heteroatoms. The van der Waals surface area contributed by atoms with Gasteiger partial charge < -0.3 is 69.0 Å². The molecule has 2 aromatic carbocycles. The summed E-state index contributed by atoms with van der Waals surface area (Å²) in [4.78, 5) is 12.8. The van der Waals surface area contributed by atoms with Crippen LogP contribution < -0.4 is 14.9 Å². The van der Waals surface area contributed by atoms with Crippen molar-refractivity contribution in [2.45, 2.75) is 68.3 Å². The average Bonchev–Trinajstić information content (AvgIpc) is 2.97. The summed E-state index contributed by atoms with van der Waals surface area (Å²) in [5.41, 5.74) is -0.307. The van der Waals surface area contributed by atoms with Gasteiger partial charge in [0.15, 0.2) is 23.2 Å². The standard InChI is InChI=1S/C28H32O15/c1-10-21(32)23(34)25(36)27(40-10)39-9-19-22(33)24(35)26(37)28(43-19)41-12-6-14(30)20-15(31)8-16(42-18(20)7-12)11-3-4-13(29)17(5-11)38-2/h3-8,10,19,21-30,32-37H,9H2,1-2H3/t10-,19+,21-,22+,23+,24-,25+,26+,27+,28+/m0/s1. The first-order valence-corrected chi connectivity index (χ1v) is 13.3. The second-order valence-corrected chi connectivity index (χ2v) is 10.3. The van der Waals surface area contributed by atoms with Crippen LogP contribution in [0.5, 0.6) is 23.0 Å². The van der Waals surface area contributed by atoms with Crippen molar-refractivity contribution in [2.75, 3.05) is 13.7 Å². The van der Waals surface area contributed by atoms with E-state index in [2.05, 4.69) is 0 Å². The van der Waals surface area contributed by atoms with E-state index >= 15 is 0 Å². The van der Waals surface area contributed by atoms with Crippen LogP contribution in [0.1, 0.15) is 6.92 Å². The molecule has 234 valence electrons. The molecule has 3 aromatic rings. The molecule has 15 nitrogen and oxygen atoms in total. The van der Waals surface area contributed by atoms with Crippen LogP contribution in [0.15, 0.2) is 45.6 Å². The van der Waals surface area contributed by atoms with Gasteiger partial charge in [-0.05, 0) is 25.1 Å².